The van der Waals surface area contributed by atoms with Crippen LogP contribution < -0.4 is 4.90 Å². The summed E-state index contributed by atoms with van der Waals surface area (Å²) in [7, 11) is 0. The summed E-state index contributed by atoms with van der Waals surface area (Å²) in [5, 5.41) is 4.65. The van der Waals surface area contributed by atoms with Crippen molar-refractivity contribution < 1.29 is 0 Å². The Kier molecular flexibility index (Phi) is 5.84. The Morgan fingerprint density at radius 3 is 2.58 bits per heavy atom. The van der Waals surface area contributed by atoms with Crippen molar-refractivity contribution in [3.63, 3.8) is 0 Å². The van der Waals surface area contributed by atoms with Gasteiger partial charge in [-0.25, -0.2) is 4.68 Å². The van der Waals surface area contributed by atoms with Crippen molar-refractivity contribution in [1.82, 2.24) is 14.7 Å². The van der Waals surface area contributed by atoms with Crippen molar-refractivity contribution in [3.05, 3.63) is 78.6 Å². The molecule has 2 aromatic rings. The maximum Gasteiger partial charge on any atom is 0.0741 e. The molecule has 0 N–H and O–H groups in total. The van der Waals surface area contributed by atoms with Crippen LogP contribution in [0.4, 0.5) is 5.69 Å². The Bertz CT molecular complexity index is 1050. The van der Waals surface area contributed by atoms with Gasteiger partial charge in [0.25, 0.3) is 0 Å². The van der Waals surface area contributed by atoms with Crippen LogP contribution in [0.25, 0.3) is 17.0 Å². The van der Waals surface area contributed by atoms with Crippen molar-refractivity contribution in [2.45, 2.75) is 31.2 Å². The molecule has 160 valence electrons. The zero-order valence-electron chi connectivity index (χ0n) is 18.0. The van der Waals surface area contributed by atoms with E-state index in [0.29, 0.717) is 6.04 Å². The molecule has 0 bridgehead atoms. The van der Waals surface area contributed by atoms with Crippen LogP contribution in [-0.4, -0.2) is 52.3 Å². The van der Waals surface area contributed by atoms with Crippen LogP contribution in [0.2, 0.25) is 0 Å². The number of benzene rings is 1. The molecular formula is C26H29ClN4. The summed E-state index contributed by atoms with van der Waals surface area (Å²) >= 11 is 6.20. The normalized spacial score (nSPS) is 24.3. The van der Waals surface area contributed by atoms with Gasteiger partial charge in [0.15, 0.2) is 0 Å². The lowest BCUT2D eigenvalue weighted by Gasteiger charge is -2.39. The van der Waals surface area contributed by atoms with Crippen LogP contribution in [0.5, 0.6) is 0 Å². The topological polar surface area (TPSA) is 24.3 Å². The second-order valence-electron chi connectivity index (χ2n) is 8.55. The minimum absolute atomic E-state index is 0.0777. The Morgan fingerprint density at radius 2 is 1.84 bits per heavy atom. The number of nitrogens with zero attached hydrogens (tertiary/aromatic N) is 4. The van der Waals surface area contributed by atoms with Gasteiger partial charge in [-0.05, 0) is 44.0 Å². The lowest BCUT2D eigenvalue weighted by atomic mass is 10.0. The van der Waals surface area contributed by atoms with Gasteiger partial charge in [0.05, 0.1) is 23.0 Å². The number of allylic oxidation sites excluding steroid dienone is 6. The van der Waals surface area contributed by atoms with Crippen molar-refractivity contribution in [2.24, 2.45) is 0 Å². The van der Waals surface area contributed by atoms with Crippen molar-refractivity contribution in [2.75, 3.05) is 31.1 Å². The summed E-state index contributed by atoms with van der Waals surface area (Å²) in [6.45, 7) is 6.49. The maximum atomic E-state index is 6.20. The first kappa shape index (κ1) is 20.3. The lowest BCUT2D eigenvalue weighted by molar-refractivity contribution is 0.215. The number of alkyl halides is 1. The average molecular weight is 433 g/mol. The molecule has 2 aliphatic carbocycles. The van der Waals surface area contributed by atoms with Crippen LogP contribution in [0.15, 0.2) is 78.6 Å². The summed E-state index contributed by atoms with van der Waals surface area (Å²) in [5.74, 6) is 0. The highest BCUT2D eigenvalue weighted by Gasteiger charge is 2.23. The molecule has 31 heavy (non-hydrogen) atoms. The molecule has 2 unspecified atom stereocenters. The molecule has 1 aromatic carbocycles. The largest absolute Gasteiger partial charge is 0.369 e. The van der Waals surface area contributed by atoms with Crippen molar-refractivity contribution in [3.8, 4) is 11.3 Å². The smallest absolute Gasteiger partial charge is 0.0741 e. The highest BCUT2D eigenvalue weighted by atomic mass is 35.5. The van der Waals surface area contributed by atoms with Crippen molar-refractivity contribution in [1.29, 1.82) is 0 Å². The SMILES string of the molecule is CC1=CCC(N2CCN(c3cccc(-c4ccnn4C4=CCC(Cl)C=C4)c3)CC2)C=C1. The molecule has 1 aliphatic heterocycles. The van der Waals surface area contributed by atoms with Crippen LogP contribution in [-0.2, 0) is 0 Å². The monoisotopic (exact) mass is 432 g/mol. The number of hydrogen-bond acceptors (Lipinski definition) is 3. The third-order valence-electron chi connectivity index (χ3n) is 6.47. The van der Waals surface area contributed by atoms with Gasteiger partial charge in [0.1, 0.15) is 0 Å². The van der Waals surface area contributed by atoms with Gasteiger partial charge in [0, 0.05) is 43.5 Å². The third-order valence-corrected chi connectivity index (χ3v) is 6.79. The number of aromatic nitrogens is 2. The Hall–Kier alpha value is -2.56. The number of anilines is 1. The molecule has 2 heterocycles. The molecule has 1 saturated heterocycles. The van der Waals surface area contributed by atoms with E-state index in [2.05, 4.69) is 82.5 Å². The van der Waals surface area contributed by atoms with Gasteiger partial charge in [-0.2, -0.15) is 5.10 Å². The number of piperazine rings is 1. The Morgan fingerprint density at radius 1 is 0.968 bits per heavy atom. The molecule has 0 spiro atoms. The third kappa shape index (κ3) is 4.41. The predicted octanol–water partition coefficient (Wildman–Crippen LogP) is 5.36. The van der Waals surface area contributed by atoms with Gasteiger partial charge in [-0.3, -0.25) is 4.90 Å². The van der Waals surface area contributed by atoms with Gasteiger partial charge >= 0.3 is 0 Å². The van der Waals surface area contributed by atoms with Crippen LogP contribution in [0.3, 0.4) is 0 Å². The minimum Gasteiger partial charge on any atom is -0.369 e. The van der Waals surface area contributed by atoms with Gasteiger partial charge in [0.2, 0.25) is 0 Å². The first-order chi connectivity index (χ1) is 15.2. The fraction of sp³-hybridized carbons (Fsp3) is 0.346. The first-order valence-electron chi connectivity index (χ1n) is 11.2. The Labute approximate surface area is 189 Å². The molecule has 0 radical (unpaired) electrons. The molecule has 4 nitrogen and oxygen atoms in total. The van der Waals surface area contributed by atoms with E-state index in [1.807, 2.05) is 17.0 Å². The van der Waals surface area contributed by atoms with E-state index in [-0.39, 0.29) is 5.38 Å². The number of rotatable bonds is 4. The zero-order chi connectivity index (χ0) is 21.2. The van der Waals surface area contributed by atoms with Crippen LogP contribution >= 0.6 is 11.6 Å². The molecule has 1 aromatic heterocycles. The van der Waals surface area contributed by atoms with Crippen molar-refractivity contribution >= 4 is 23.0 Å². The van der Waals surface area contributed by atoms with Gasteiger partial charge < -0.3 is 4.90 Å². The zero-order valence-corrected chi connectivity index (χ0v) is 18.7. The Balaban J connectivity index is 1.30. The predicted molar refractivity (Wildman–Crippen MR) is 130 cm³/mol. The quantitative estimate of drug-likeness (QED) is 0.608. The number of hydrogen-bond donors (Lipinski definition) is 0. The molecule has 0 amide bonds. The molecular weight excluding hydrogens is 404 g/mol. The molecule has 5 heteroatoms. The van der Waals surface area contributed by atoms with Crippen LogP contribution in [0, 0.1) is 0 Å². The summed E-state index contributed by atoms with van der Waals surface area (Å²) < 4.78 is 2.02. The van der Waals surface area contributed by atoms with Gasteiger partial charge in [-0.15, -0.1) is 11.6 Å². The highest BCUT2D eigenvalue weighted by Crippen LogP contribution is 2.29. The average Bonchev–Trinajstić information content (AvgIpc) is 3.30. The van der Waals surface area contributed by atoms with E-state index in [4.69, 9.17) is 11.6 Å². The standard InChI is InChI=1S/C26H29ClN4/c1-20-5-9-23(10-6-20)29-15-17-30(18-16-29)25-4-2-3-21(19-25)26-13-14-28-31(26)24-11-7-22(27)8-12-24/h2-7,9,11-14,19,22-23H,8,10,15-18H2,1H3. The maximum absolute atomic E-state index is 6.20. The van der Waals surface area contributed by atoms with E-state index in [1.165, 1.54) is 16.8 Å². The van der Waals surface area contributed by atoms with E-state index in [0.717, 1.165) is 50.4 Å². The van der Waals surface area contributed by atoms with E-state index >= 15 is 0 Å². The first-order valence-corrected chi connectivity index (χ1v) is 11.6. The molecule has 5 rings (SSSR count). The van der Waals surface area contributed by atoms with E-state index < -0.39 is 0 Å². The minimum atomic E-state index is 0.0777. The summed E-state index contributed by atoms with van der Waals surface area (Å²) in [4.78, 5) is 5.12. The molecule has 3 aliphatic rings. The van der Waals surface area contributed by atoms with Crippen LogP contribution in [0.1, 0.15) is 19.8 Å². The second kappa shape index (κ2) is 8.89. The van der Waals surface area contributed by atoms with Gasteiger partial charge in [-0.1, -0.05) is 48.1 Å². The van der Waals surface area contributed by atoms with E-state index in [1.54, 1.807) is 0 Å². The number of halogens is 1. The molecule has 2 atom stereocenters. The van der Waals surface area contributed by atoms with E-state index in [9.17, 15) is 0 Å². The molecule has 1 fully saturated rings. The second-order valence-corrected chi connectivity index (χ2v) is 9.11. The fourth-order valence-corrected chi connectivity index (χ4v) is 4.79. The summed E-state index contributed by atoms with van der Waals surface area (Å²) in [6.07, 6.45) is 17.1. The molecule has 0 saturated carbocycles. The highest BCUT2D eigenvalue weighted by molar-refractivity contribution is 6.22. The summed E-state index contributed by atoms with van der Waals surface area (Å²) in [5.41, 5.74) is 6.05. The lowest BCUT2D eigenvalue weighted by Crippen LogP contribution is -2.50. The fourth-order valence-electron chi connectivity index (χ4n) is 4.63. The summed E-state index contributed by atoms with van der Waals surface area (Å²) in [6, 6.07) is 11.5.